The molecule has 4 aromatic rings. The highest BCUT2D eigenvalue weighted by atomic mass is 16.5. The van der Waals surface area contributed by atoms with Crippen molar-refractivity contribution < 1.29 is 14.1 Å². The molecule has 1 saturated carbocycles. The van der Waals surface area contributed by atoms with E-state index in [0.717, 1.165) is 65.4 Å². The van der Waals surface area contributed by atoms with Crippen LogP contribution in [0.2, 0.25) is 0 Å². The average Bonchev–Trinajstić information content (AvgIpc) is 3.37. The molecule has 1 saturated heterocycles. The molecule has 9 heteroatoms. The Hall–Kier alpha value is -3.72. The summed E-state index contributed by atoms with van der Waals surface area (Å²) in [7, 11) is 0. The third-order valence-electron chi connectivity index (χ3n) is 6.21. The maximum atomic E-state index is 12.7. The standard InChI is InChI=1S/C24H24N6O3/c1-14-2-5-16(27-24(31)20-12-21(33-29-20)15-3-4-15)10-17(14)18-11-19-22(26-13-25-19)23(28-18)30-6-8-32-9-7-30/h2,5,10-13,15H,3-4,6-9H2,1H3,(H,25,26)(H,27,31). The number of aromatic amines is 1. The van der Waals surface area contributed by atoms with E-state index in [9.17, 15) is 4.79 Å². The Morgan fingerprint density at radius 3 is 2.85 bits per heavy atom. The Morgan fingerprint density at radius 2 is 2.03 bits per heavy atom. The van der Waals surface area contributed by atoms with Gasteiger partial charge < -0.3 is 24.5 Å². The molecule has 2 fully saturated rings. The fourth-order valence-corrected chi connectivity index (χ4v) is 4.19. The molecule has 0 radical (unpaired) electrons. The van der Waals surface area contributed by atoms with E-state index >= 15 is 0 Å². The van der Waals surface area contributed by atoms with Crippen molar-refractivity contribution in [3.63, 3.8) is 0 Å². The summed E-state index contributed by atoms with van der Waals surface area (Å²) in [5.41, 5.74) is 5.56. The van der Waals surface area contributed by atoms with Gasteiger partial charge in [-0.15, -0.1) is 0 Å². The molecule has 0 spiro atoms. The number of rotatable bonds is 5. The molecule has 3 aromatic heterocycles. The zero-order chi connectivity index (χ0) is 22.4. The number of hydrogen-bond acceptors (Lipinski definition) is 7. The predicted octanol–water partition coefficient (Wildman–Crippen LogP) is 3.89. The van der Waals surface area contributed by atoms with E-state index in [1.807, 2.05) is 31.2 Å². The predicted molar refractivity (Wildman–Crippen MR) is 124 cm³/mol. The van der Waals surface area contributed by atoms with E-state index in [1.165, 1.54) is 0 Å². The Bertz CT molecular complexity index is 1330. The Labute approximate surface area is 190 Å². The molecule has 6 rings (SSSR count). The van der Waals surface area contributed by atoms with Gasteiger partial charge in [-0.2, -0.15) is 0 Å². The Morgan fingerprint density at radius 1 is 1.18 bits per heavy atom. The van der Waals surface area contributed by atoms with Crippen LogP contribution in [0.1, 0.15) is 40.6 Å². The first-order valence-corrected chi connectivity index (χ1v) is 11.2. The minimum atomic E-state index is -0.286. The number of aryl methyl sites for hydroxylation is 1. The van der Waals surface area contributed by atoms with Gasteiger partial charge in [-0.1, -0.05) is 11.2 Å². The minimum absolute atomic E-state index is 0.286. The summed E-state index contributed by atoms with van der Waals surface area (Å²) in [6, 6.07) is 9.56. The maximum Gasteiger partial charge on any atom is 0.277 e. The highest BCUT2D eigenvalue weighted by molar-refractivity contribution is 6.03. The summed E-state index contributed by atoms with van der Waals surface area (Å²) >= 11 is 0. The van der Waals surface area contributed by atoms with Crippen molar-refractivity contribution >= 4 is 28.4 Å². The second kappa shape index (κ2) is 8.00. The first-order valence-electron chi connectivity index (χ1n) is 11.2. The number of benzene rings is 1. The lowest BCUT2D eigenvalue weighted by Crippen LogP contribution is -2.37. The summed E-state index contributed by atoms with van der Waals surface area (Å²) in [5, 5.41) is 6.88. The second-order valence-corrected chi connectivity index (χ2v) is 8.60. The van der Waals surface area contributed by atoms with Crippen molar-refractivity contribution in [2.75, 3.05) is 36.5 Å². The number of morpholine rings is 1. The summed E-state index contributed by atoms with van der Waals surface area (Å²) in [4.78, 5) is 27.6. The van der Waals surface area contributed by atoms with Gasteiger partial charge in [-0.05, 0) is 43.5 Å². The van der Waals surface area contributed by atoms with Crippen molar-refractivity contribution in [2.24, 2.45) is 0 Å². The van der Waals surface area contributed by atoms with Crippen molar-refractivity contribution in [3.8, 4) is 11.3 Å². The van der Waals surface area contributed by atoms with Gasteiger partial charge in [0.1, 0.15) is 11.3 Å². The zero-order valence-corrected chi connectivity index (χ0v) is 18.3. The number of fused-ring (bicyclic) bond motifs is 1. The molecule has 1 aliphatic heterocycles. The van der Waals surface area contributed by atoms with E-state index < -0.39 is 0 Å². The maximum absolute atomic E-state index is 12.7. The fourth-order valence-electron chi connectivity index (χ4n) is 4.19. The molecule has 1 aliphatic carbocycles. The number of carbonyl (C=O) groups excluding carboxylic acids is 1. The Balaban J connectivity index is 1.32. The molecular formula is C24H24N6O3. The summed E-state index contributed by atoms with van der Waals surface area (Å²) < 4.78 is 10.8. The topological polar surface area (TPSA) is 109 Å². The monoisotopic (exact) mass is 444 g/mol. The lowest BCUT2D eigenvalue weighted by atomic mass is 10.0. The van der Waals surface area contributed by atoms with E-state index in [4.69, 9.17) is 14.2 Å². The smallest absolute Gasteiger partial charge is 0.277 e. The van der Waals surface area contributed by atoms with Crippen molar-refractivity contribution in [3.05, 3.63) is 53.7 Å². The van der Waals surface area contributed by atoms with Gasteiger partial charge in [0.05, 0.1) is 30.8 Å². The van der Waals surface area contributed by atoms with Crippen LogP contribution in [0.3, 0.4) is 0 Å². The first-order chi connectivity index (χ1) is 16.2. The normalized spacial score (nSPS) is 16.3. The summed E-state index contributed by atoms with van der Waals surface area (Å²) in [6.45, 7) is 4.92. The van der Waals surface area contributed by atoms with Crippen LogP contribution >= 0.6 is 0 Å². The lowest BCUT2D eigenvalue weighted by Gasteiger charge is -2.28. The molecular weight excluding hydrogens is 420 g/mol. The number of pyridine rings is 1. The highest BCUT2D eigenvalue weighted by Crippen LogP contribution is 2.40. The quantitative estimate of drug-likeness (QED) is 0.481. The molecule has 0 unspecified atom stereocenters. The van der Waals surface area contributed by atoms with Gasteiger partial charge in [-0.3, -0.25) is 4.79 Å². The van der Waals surface area contributed by atoms with Gasteiger partial charge in [-0.25, -0.2) is 9.97 Å². The Kier molecular flexibility index (Phi) is 4.83. The van der Waals surface area contributed by atoms with Crippen molar-refractivity contribution in [1.82, 2.24) is 20.1 Å². The number of imidazole rings is 1. The molecule has 0 bridgehead atoms. The molecule has 0 atom stereocenters. The molecule has 2 aliphatic rings. The van der Waals surface area contributed by atoms with Crippen LogP contribution < -0.4 is 10.2 Å². The molecule has 4 heterocycles. The number of anilines is 2. The van der Waals surface area contributed by atoms with Crippen molar-refractivity contribution in [2.45, 2.75) is 25.7 Å². The number of nitrogens with zero attached hydrogens (tertiary/aromatic N) is 4. The van der Waals surface area contributed by atoms with Gasteiger partial charge in [0, 0.05) is 36.3 Å². The van der Waals surface area contributed by atoms with E-state index in [-0.39, 0.29) is 5.91 Å². The average molecular weight is 444 g/mol. The number of amides is 1. The van der Waals surface area contributed by atoms with Crippen LogP contribution in [0, 0.1) is 6.92 Å². The van der Waals surface area contributed by atoms with E-state index in [0.29, 0.717) is 30.5 Å². The van der Waals surface area contributed by atoms with Gasteiger partial charge in [0.25, 0.3) is 5.91 Å². The van der Waals surface area contributed by atoms with Crippen molar-refractivity contribution in [1.29, 1.82) is 0 Å². The van der Waals surface area contributed by atoms with Crippen LogP contribution in [0.4, 0.5) is 11.5 Å². The second-order valence-electron chi connectivity index (χ2n) is 8.60. The molecule has 9 nitrogen and oxygen atoms in total. The van der Waals surface area contributed by atoms with E-state index in [1.54, 1.807) is 12.4 Å². The lowest BCUT2D eigenvalue weighted by molar-refractivity contribution is 0.101. The number of nitrogens with one attached hydrogen (secondary N) is 2. The van der Waals surface area contributed by atoms with Crippen LogP contribution in [0.5, 0.6) is 0 Å². The number of ether oxygens (including phenoxy) is 1. The summed E-state index contributed by atoms with van der Waals surface area (Å²) in [6.07, 6.45) is 3.88. The van der Waals surface area contributed by atoms with Crippen LogP contribution in [-0.2, 0) is 4.74 Å². The minimum Gasteiger partial charge on any atom is -0.378 e. The molecule has 1 aromatic carbocycles. The fraction of sp³-hybridized carbons (Fsp3) is 0.333. The third-order valence-corrected chi connectivity index (χ3v) is 6.21. The molecule has 2 N–H and O–H groups in total. The third kappa shape index (κ3) is 3.84. The number of aromatic nitrogens is 4. The van der Waals surface area contributed by atoms with Gasteiger partial charge >= 0.3 is 0 Å². The van der Waals surface area contributed by atoms with E-state index in [2.05, 4.69) is 25.3 Å². The molecule has 1 amide bonds. The van der Waals surface area contributed by atoms with Gasteiger partial charge in [0.15, 0.2) is 11.5 Å². The molecule has 168 valence electrons. The SMILES string of the molecule is Cc1ccc(NC(=O)c2cc(C3CC3)on2)cc1-c1cc2[nH]cnc2c(N2CCOCC2)n1. The number of H-pyrrole nitrogens is 1. The zero-order valence-electron chi connectivity index (χ0n) is 18.3. The van der Waals surface area contributed by atoms with Gasteiger partial charge in [0.2, 0.25) is 0 Å². The summed E-state index contributed by atoms with van der Waals surface area (Å²) in [5.74, 6) is 1.76. The number of carbonyl (C=O) groups is 1. The van der Waals surface area contributed by atoms with Crippen LogP contribution in [0.15, 0.2) is 41.2 Å². The largest absolute Gasteiger partial charge is 0.378 e. The molecule has 33 heavy (non-hydrogen) atoms. The highest BCUT2D eigenvalue weighted by Gasteiger charge is 2.29. The number of hydrogen-bond donors (Lipinski definition) is 2. The van der Waals surface area contributed by atoms with Crippen LogP contribution in [0.25, 0.3) is 22.3 Å². The first kappa shape index (κ1) is 19.9. The van der Waals surface area contributed by atoms with Crippen LogP contribution in [-0.4, -0.2) is 52.3 Å².